The number of hydrogen-bond donors (Lipinski definition) is 1. The van der Waals surface area contributed by atoms with Crippen molar-refractivity contribution in [3.63, 3.8) is 0 Å². The van der Waals surface area contributed by atoms with Gasteiger partial charge < -0.3 is 5.32 Å². The van der Waals surface area contributed by atoms with Gasteiger partial charge in [0, 0.05) is 24.4 Å². The predicted octanol–water partition coefficient (Wildman–Crippen LogP) is 4.01. The van der Waals surface area contributed by atoms with E-state index >= 15 is 0 Å². The van der Waals surface area contributed by atoms with Crippen molar-refractivity contribution in [2.45, 2.75) is 6.42 Å². The number of hydrogen-bond acceptors (Lipinski definition) is 5. The lowest BCUT2D eigenvalue weighted by Gasteiger charge is -2.07. The Kier molecular flexibility index (Phi) is 4.57. The molecule has 0 aliphatic heterocycles. The molecule has 0 radical (unpaired) electrons. The Labute approximate surface area is 123 Å². The van der Waals surface area contributed by atoms with Crippen LogP contribution in [0.3, 0.4) is 0 Å². The molecular weight excluding hydrogens is 309 g/mol. The number of nitrogens with one attached hydrogen (secondary N) is 1. The average molecular weight is 318 g/mol. The van der Waals surface area contributed by atoms with Crippen LogP contribution in [0.1, 0.15) is 5.69 Å². The topological polar surface area (TPSA) is 68.1 Å². The molecule has 1 aromatic carbocycles. The van der Waals surface area contributed by atoms with Crippen LogP contribution in [0, 0.1) is 10.1 Å². The van der Waals surface area contributed by atoms with Crippen LogP contribution in [-0.2, 0) is 6.42 Å². The van der Waals surface area contributed by atoms with Crippen LogP contribution in [0.15, 0.2) is 23.0 Å². The molecule has 0 fully saturated rings. The molecule has 0 aliphatic carbocycles. The van der Waals surface area contributed by atoms with Crippen molar-refractivity contribution < 1.29 is 4.92 Å². The maximum atomic E-state index is 10.9. The number of aromatic nitrogens is 1. The van der Waals surface area contributed by atoms with Crippen molar-refractivity contribution in [2.75, 3.05) is 11.9 Å². The van der Waals surface area contributed by atoms with E-state index in [0.29, 0.717) is 18.7 Å². The Bertz CT molecular complexity index is 590. The van der Waals surface area contributed by atoms with Gasteiger partial charge >= 0.3 is 0 Å². The molecule has 0 bridgehead atoms. The molecule has 2 rings (SSSR count). The second-order valence-corrected chi connectivity index (χ2v) is 5.23. The zero-order chi connectivity index (χ0) is 13.8. The van der Waals surface area contributed by atoms with E-state index in [1.54, 1.807) is 5.51 Å². The highest BCUT2D eigenvalue weighted by Crippen LogP contribution is 2.33. The highest BCUT2D eigenvalue weighted by atomic mass is 35.5. The van der Waals surface area contributed by atoms with Crippen molar-refractivity contribution in [3.05, 3.63) is 48.9 Å². The molecule has 0 amide bonds. The van der Waals surface area contributed by atoms with E-state index in [1.165, 1.54) is 23.5 Å². The molecule has 0 saturated heterocycles. The third-order valence-corrected chi connectivity index (χ3v) is 3.77. The van der Waals surface area contributed by atoms with E-state index in [9.17, 15) is 10.1 Å². The number of rotatable bonds is 5. The number of benzene rings is 1. The number of nitro groups is 1. The third kappa shape index (κ3) is 3.56. The lowest BCUT2D eigenvalue weighted by atomic mass is 10.2. The zero-order valence-electron chi connectivity index (χ0n) is 9.60. The summed E-state index contributed by atoms with van der Waals surface area (Å²) in [6.07, 6.45) is 0.681. The Morgan fingerprint density at radius 2 is 2.11 bits per heavy atom. The van der Waals surface area contributed by atoms with E-state index in [0.717, 1.165) is 5.69 Å². The molecule has 5 nitrogen and oxygen atoms in total. The van der Waals surface area contributed by atoms with Gasteiger partial charge in [0.25, 0.3) is 5.69 Å². The quantitative estimate of drug-likeness (QED) is 0.668. The molecule has 19 heavy (non-hydrogen) atoms. The van der Waals surface area contributed by atoms with Crippen molar-refractivity contribution in [1.29, 1.82) is 0 Å². The van der Waals surface area contributed by atoms with Crippen LogP contribution in [0.4, 0.5) is 11.4 Å². The smallest absolute Gasteiger partial charge is 0.293 e. The van der Waals surface area contributed by atoms with Gasteiger partial charge in [-0.3, -0.25) is 10.1 Å². The molecule has 1 aromatic heterocycles. The van der Waals surface area contributed by atoms with Gasteiger partial charge in [0.15, 0.2) is 0 Å². The largest absolute Gasteiger partial charge is 0.379 e. The van der Waals surface area contributed by atoms with Crippen molar-refractivity contribution in [2.24, 2.45) is 0 Å². The first-order chi connectivity index (χ1) is 9.08. The molecule has 0 saturated carbocycles. The second kappa shape index (κ2) is 6.18. The van der Waals surface area contributed by atoms with E-state index in [4.69, 9.17) is 23.2 Å². The Hall–Kier alpha value is -1.37. The maximum absolute atomic E-state index is 10.9. The van der Waals surface area contributed by atoms with E-state index in [-0.39, 0.29) is 15.7 Å². The van der Waals surface area contributed by atoms with Crippen LogP contribution in [0.25, 0.3) is 0 Å². The summed E-state index contributed by atoms with van der Waals surface area (Å²) >= 11 is 13.1. The zero-order valence-corrected chi connectivity index (χ0v) is 11.9. The number of nitro benzene ring substituents is 1. The van der Waals surface area contributed by atoms with Gasteiger partial charge in [-0.05, 0) is 6.07 Å². The van der Waals surface area contributed by atoms with Gasteiger partial charge in [-0.1, -0.05) is 23.2 Å². The predicted molar refractivity (Wildman–Crippen MR) is 77.4 cm³/mol. The summed E-state index contributed by atoms with van der Waals surface area (Å²) in [5.41, 5.74) is 2.96. The Morgan fingerprint density at radius 3 is 2.74 bits per heavy atom. The first-order valence-corrected chi connectivity index (χ1v) is 7.02. The number of anilines is 1. The molecule has 2 aromatic rings. The Morgan fingerprint density at radius 1 is 1.37 bits per heavy atom. The fourth-order valence-electron chi connectivity index (χ4n) is 1.52. The second-order valence-electron chi connectivity index (χ2n) is 3.70. The van der Waals surface area contributed by atoms with E-state index < -0.39 is 4.92 Å². The maximum Gasteiger partial charge on any atom is 0.293 e. The summed E-state index contributed by atoms with van der Waals surface area (Å²) < 4.78 is 0. The minimum Gasteiger partial charge on any atom is -0.379 e. The first kappa shape index (κ1) is 14.0. The standard InChI is InChI=1S/C11H9Cl2N3O2S/c12-8-3-10(11(16(17)18)4-9(8)13)14-2-1-7-5-19-6-15-7/h3-6,14H,1-2H2. The van der Waals surface area contributed by atoms with Gasteiger partial charge in [-0.2, -0.15) is 0 Å². The molecular formula is C11H9Cl2N3O2S. The highest BCUT2D eigenvalue weighted by Gasteiger charge is 2.16. The number of thiazole rings is 1. The molecule has 0 aliphatic rings. The van der Waals surface area contributed by atoms with Crippen LogP contribution in [0.5, 0.6) is 0 Å². The summed E-state index contributed by atoms with van der Waals surface area (Å²) in [6, 6.07) is 2.71. The molecule has 8 heteroatoms. The van der Waals surface area contributed by atoms with Crippen molar-refractivity contribution in [1.82, 2.24) is 4.98 Å². The normalized spacial score (nSPS) is 10.4. The number of halogens is 2. The van der Waals surface area contributed by atoms with Crippen LogP contribution in [-0.4, -0.2) is 16.5 Å². The summed E-state index contributed by atoms with van der Waals surface area (Å²) in [5, 5.41) is 16.3. The summed E-state index contributed by atoms with van der Waals surface area (Å²) in [5.74, 6) is 0. The molecule has 1 heterocycles. The van der Waals surface area contributed by atoms with Gasteiger partial charge in [0.1, 0.15) is 5.69 Å². The van der Waals surface area contributed by atoms with Crippen LogP contribution < -0.4 is 5.32 Å². The average Bonchev–Trinajstić information content (AvgIpc) is 2.86. The first-order valence-electron chi connectivity index (χ1n) is 5.32. The van der Waals surface area contributed by atoms with Crippen molar-refractivity contribution in [3.8, 4) is 0 Å². The molecule has 0 atom stereocenters. The minimum absolute atomic E-state index is 0.0901. The molecule has 1 N–H and O–H groups in total. The fraction of sp³-hybridized carbons (Fsp3) is 0.182. The number of nitrogens with zero attached hydrogens (tertiary/aromatic N) is 2. The van der Waals surface area contributed by atoms with Crippen LogP contribution >= 0.6 is 34.5 Å². The summed E-state index contributed by atoms with van der Waals surface area (Å²) in [6.45, 7) is 0.530. The van der Waals surface area contributed by atoms with Gasteiger partial charge in [0.05, 0.1) is 26.2 Å². The Balaban J connectivity index is 2.10. The van der Waals surface area contributed by atoms with Gasteiger partial charge in [-0.15, -0.1) is 11.3 Å². The van der Waals surface area contributed by atoms with Crippen molar-refractivity contribution >= 4 is 45.9 Å². The molecule has 0 spiro atoms. The summed E-state index contributed by atoms with van der Waals surface area (Å²) in [4.78, 5) is 14.6. The summed E-state index contributed by atoms with van der Waals surface area (Å²) in [7, 11) is 0. The molecule has 100 valence electrons. The van der Waals surface area contributed by atoms with E-state index in [1.807, 2.05) is 5.38 Å². The monoisotopic (exact) mass is 317 g/mol. The SMILES string of the molecule is O=[N+]([O-])c1cc(Cl)c(Cl)cc1NCCc1cscn1. The highest BCUT2D eigenvalue weighted by molar-refractivity contribution is 7.07. The van der Waals surface area contributed by atoms with Crippen LogP contribution in [0.2, 0.25) is 10.0 Å². The lowest BCUT2D eigenvalue weighted by molar-refractivity contribution is -0.383. The molecule has 0 unspecified atom stereocenters. The third-order valence-electron chi connectivity index (χ3n) is 2.42. The fourth-order valence-corrected chi connectivity index (χ4v) is 2.43. The van der Waals surface area contributed by atoms with E-state index in [2.05, 4.69) is 10.3 Å². The van der Waals surface area contributed by atoms with Gasteiger partial charge in [0.2, 0.25) is 0 Å². The minimum atomic E-state index is -0.493. The lowest BCUT2D eigenvalue weighted by Crippen LogP contribution is -2.07. The van der Waals surface area contributed by atoms with Gasteiger partial charge in [-0.25, -0.2) is 4.98 Å².